The van der Waals surface area contributed by atoms with Crippen molar-refractivity contribution in [2.24, 2.45) is 5.92 Å². The first-order valence-corrected chi connectivity index (χ1v) is 8.51. The Morgan fingerprint density at radius 2 is 2.17 bits per heavy atom. The van der Waals surface area contributed by atoms with E-state index in [0.717, 1.165) is 31.1 Å². The Morgan fingerprint density at radius 3 is 2.96 bits per heavy atom. The van der Waals surface area contributed by atoms with Crippen molar-refractivity contribution in [3.8, 4) is 6.07 Å². The van der Waals surface area contributed by atoms with Gasteiger partial charge in [-0.25, -0.2) is 9.97 Å². The predicted molar refractivity (Wildman–Crippen MR) is 94.5 cm³/mol. The van der Waals surface area contributed by atoms with Crippen molar-refractivity contribution in [3.05, 3.63) is 53.9 Å². The summed E-state index contributed by atoms with van der Waals surface area (Å²) in [6, 6.07) is 12.1. The zero-order valence-corrected chi connectivity index (χ0v) is 14.0. The minimum Gasteiger partial charge on any atom is -0.341 e. The molecule has 3 rings (SSSR count). The standard InChI is InChI=1S/C19H23N5/c1-15(18-7-2-5-16(11-18)12-20)23-13-17-6-3-10-24(14-17)19-21-8-4-9-22-19/h2,4-5,7-9,11,15,17,23H,3,6,10,13-14H2,1H3/t15-,17+/m1/s1. The summed E-state index contributed by atoms with van der Waals surface area (Å²) in [6.45, 7) is 5.13. The molecule has 0 unspecified atom stereocenters. The van der Waals surface area contributed by atoms with Gasteiger partial charge in [-0.1, -0.05) is 12.1 Å². The van der Waals surface area contributed by atoms with Gasteiger partial charge < -0.3 is 10.2 Å². The number of hydrogen-bond donors (Lipinski definition) is 1. The normalized spacial score (nSPS) is 18.8. The minimum atomic E-state index is 0.238. The number of aromatic nitrogens is 2. The van der Waals surface area contributed by atoms with Crippen LogP contribution in [0.5, 0.6) is 0 Å². The Balaban J connectivity index is 1.55. The fourth-order valence-corrected chi connectivity index (χ4v) is 3.21. The minimum absolute atomic E-state index is 0.238. The van der Waals surface area contributed by atoms with Gasteiger partial charge in [-0.3, -0.25) is 0 Å². The summed E-state index contributed by atoms with van der Waals surface area (Å²) in [5.74, 6) is 1.42. The van der Waals surface area contributed by atoms with E-state index in [1.807, 2.05) is 24.3 Å². The number of nitrogens with zero attached hydrogens (tertiary/aromatic N) is 4. The molecule has 1 saturated heterocycles. The first kappa shape index (κ1) is 16.4. The Morgan fingerprint density at radius 1 is 1.33 bits per heavy atom. The van der Waals surface area contributed by atoms with Crippen LogP contribution in [0, 0.1) is 17.2 Å². The van der Waals surface area contributed by atoms with Crippen molar-refractivity contribution in [1.29, 1.82) is 5.26 Å². The monoisotopic (exact) mass is 321 g/mol. The van der Waals surface area contributed by atoms with E-state index in [-0.39, 0.29) is 6.04 Å². The number of nitriles is 1. The van der Waals surface area contributed by atoms with Crippen molar-refractivity contribution >= 4 is 5.95 Å². The van der Waals surface area contributed by atoms with Crippen LogP contribution in [0.4, 0.5) is 5.95 Å². The van der Waals surface area contributed by atoms with Crippen LogP contribution in [0.2, 0.25) is 0 Å². The second-order valence-electron chi connectivity index (χ2n) is 6.37. The van der Waals surface area contributed by atoms with E-state index in [1.54, 1.807) is 12.4 Å². The smallest absolute Gasteiger partial charge is 0.225 e. The van der Waals surface area contributed by atoms with E-state index >= 15 is 0 Å². The maximum absolute atomic E-state index is 9.03. The van der Waals surface area contributed by atoms with E-state index < -0.39 is 0 Å². The summed E-state index contributed by atoms with van der Waals surface area (Å²) in [7, 11) is 0. The topological polar surface area (TPSA) is 64.8 Å². The SMILES string of the molecule is C[C@@H](NC[C@@H]1CCCN(c2ncccn2)C1)c1cccc(C#N)c1. The number of hydrogen-bond acceptors (Lipinski definition) is 5. The number of piperidine rings is 1. The van der Waals surface area contributed by atoms with Crippen molar-refractivity contribution < 1.29 is 0 Å². The molecule has 1 aromatic heterocycles. The van der Waals surface area contributed by atoms with E-state index in [0.29, 0.717) is 11.5 Å². The second kappa shape index (κ2) is 7.89. The summed E-state index contributed by atoms with van der Waals surface area (Å²) >= 11 is 0. The lowest BCUT2D eigenvalue weighted by Gasteiger charge is -2.33. The molecule has 124 valence electrons. The number of rotatable bonds is 5. The predicted octanol–water partition coefficient (Wildman–Crippen LogP) is 2.92. The molecular weight excluding hydrogens is 298 g/mol. The van der Waals surface area contributed by atoms with Crippen LogP contribution in [0.15, 0.2) is 42.7 Å². The van der Waals surface area contributed by atoms with Gasteiger partial charge in [0.1, 0.15) is 0 Å². The quantitative estimate of drug-likeness (QED) is 0.917. The van der Waals surface area contributed by atoms with Gasteiger partial charge in [0.05, 0.1) is 11.6 Å². The highest BCUT2D eigenvalue weighted by atomic mass is 15.3. The Hall–Kier alpha value is -2.45. The van der Waals surface area contributed by atoms with Gasteiger partial charge in [0.25, 0.3) is 0 Å². The molecule has 0 saturated carbocycles. The van der Waals surface area contributed by atoms with Gasteiger partial charge in [0, 0.05) is 38.1 Å². The third kappa shape index (κ3) is 4.09. The molecule has 0 bridgehead atoms. The van der Waals surface area contributed by atoms with E-state index in [1.165, 1.54) is 12.8 Å². The van der Waals surface area contributed by atoms with Gasteiger partial charge in [0.2, 0.25) is 5.95 Å². The molecule has 0 aliphatic carbocycles. The fraction of sp³-hybridized carbons (Fsp3) is 0.421. The van der Waals surface area contributed by atoms with Gasteiger partial charge in [-0.05, 0) is 49.4 Å². The average Bonchev–Trinajstić information content (AvgIpc) is 2.67. The number of anilines is 1. The lowest BCUT2D eigenvalue weighted by molar-refractivity contribution is 0.373. The van der Waals surface area contributed by atoms with Gasteiger partial charge >= 0.3 is 0 Å². The Bertz CT molecular complexity index is 694. The van der Waals surface area contributed by atoms with Gasteiger partial charge in [-0.2, -0.15) is 5.26 Å². The van der Waals surface area contributed by atoms with E-state index in [9.17, 15) is 0 Å². The molecule has 1 aliphatic rings. The summed E-state index contributed by atoms with van der Waals surface area (Å²) in [5.41, 5.74) is 1.87. The third-order valence-corrected chi connectivity index (χ3v) is 4.58. The molecule has 2 atom stereocenters. The maximum Gasteiger partial charge on any atom is 0.225 e. The molecule has 1 fully saturated rings. The van der Waals surface area contributed by atoms with Crippen molar-refractivity contribution in [3.63, 3.8) is 0 Å². The summed E-state index contributed by atoms with van der Waals surface area (Å²) in [6.07, 6.45) is 5.99. The zero-order valence-electron chi connectivity index (χ0n) is 14.0. The number of benzene rings is 1. The molecule has 1 aliphatic heterocycles. The Labute approximate surface area is 143 Å². The average molecular weight is 321 g/mol. The highest BCUT2D eigenvalue weighted by Crippen LogP contribution is 2.21. The molecule has 0 spiro atoms. The molecule has 0 radical (unpaired) electrons. The van der Waals surface area contributed by atoms with E-state index in [2.05, 4.69) is 39.2 Å². The van der Waals surface area contributed by atoms with Crippen molar-refractivity contribution in [2.75, 3.05) is 24.5 Å². The van der Waals surface area contributed by atoms with Gasteiger partial charge in [-0.15, -0.1) is 0 Å². The first-order valence-electron chi connectivity index (χ1n) is 8.51. The largest absolute Gasteiger partial charge is 0.341 e. The van der Waals surface area contributed by atoms with Crippen molar-refractivity contribution in [2.45, 2.75) is 25.8 Å². The van der Waals surface area contributed by atoms with Crippen LogP contribution in [0.3, 0.4) is 0 Å². The molecule has 0 amide bonds. The lowest BCUT2D eigenvalue weighted by atomic mass is 9.97. The van der Waals surface area contributed by atoms with Crippen LogP contribution in [0.25, 0.3) is 0 Å². The van der Waals surface area contributed by atoms with Crippen LogP contribution >= 0.6 is 0 Å². The summed E-state index contributed by atoms with van der Waals surface area (Å²) in [5, 5.41) is 12.6. The van der Waals surface area contributed by atoms with Crippen LogP contribution in [-0.4, -0.2) is 29.6 Å². The molecule has 2 aromatic rings. The molecule has 1 N–H and O–H groups in total. The highest BCUT2D eigenvalue weighted by Gasteiger charge is 2.22. The molecule has 2 heterocycles. The number of nitrogens with one attached hydrogen (secondary N) is 1. The summed E-state index contributed by atoms with van der Waals surface area (Å²) in [4.78, 5) is 11.0. The first-order chi connectivity index (χ1) is 11.8. The summed E-state index contributed by atoms with van der Waals surface area (Å²) < 4.78 is 0. The molecule has 24 heavy (non-hydrogen) atoms. The molecule has 1 aromatic carbocycles. The fourth-order valence-electron chi connectivity index (χ4n) is 3.21. The zero-order chi connectivity index (χ0) is 16.8. The third-order valence-electron chi connectivity index (χ3n) is 4.58. The van der Waals surface area contributed by atoms with Crippen molar-refractivity contribution in [1.82, 2.24) is 15.3 Å². The second-order valence-corrected chi connectivity index (χ2v) is 6.37. The van der Waals surface area contributed by atoms with Crippen LogP contribution in [0.1, 0.15) is 36.9 Å². The molecule has 5 nitrogen and oxygen atoms in total. The molecular formula is C19H23N5. The maximum atomic E-state index is 9.03. The van der Waals surface area contributed by atoms with E-state index in [4.69, 9.17) is 5.26 Å². The van der Waals surface area contributed by atoms with Crippen LogP contribution in [-0.2, 0) is 0 Å². The molecule has 5 heteroatoms. The Kier molecular flexibility index (Phi) is 5.39. The van der Waals surface area contributed by atoms with Crippen LogP contribution < -0.4 is 10.2 Å². The van der Waals surface area contributed by atoms with Gasteiger partial charge in [0.15, 0.2) is 0 Å². The highest BCUT2D eigenvalue weighted by molar-refractivity contribution is 5.34. The lowest BCUT2D eigenvalue weighted by Crippen LogP contribution is -2.40.